The van der Waals surface area contributed by atoms with Crippen molar-refractivity contribution in [2.45, 2.75) is 30.0 Å². The Balaban J connectivity index is 1.68. The van der Waals surface area contributed by atoms with Gasteiger partial charge in [0.2, 0.25) is 0 Å². The monoisotopic (exact) mass is 598 g/mol. The van der Waals surface area contributed by atoms with Gasteiger partial charge in [-0.2, -0.15) is 0 Å². The van der Waals surface area contributed by atoms with E-state index in [2.05, 4.69) is 21.2 Å². The average molecular weight is 600 g/mol. The van der Waals surface area contributed by atoms with Gasteiger partial charge in [-0.25, -0.2) is 13.2 Å². The molecule has 0 bridgehead atoms. The second-order valence-corrected chi connectivity index (χ2v) is 12.9. The Morgan fingerprint density at radius 3 is 2.23 bits per heavy atom. The van der Waals surface area contributed by atoms with E-state index in [0.29, 0.717) is 27.1 Å². The topological polar surface area (TPSA) is 75.7 Å². The third-order valence-electron chi connectivity index (χ3n) is 5.33. The van der Waals surface area contributed by atoms with Crippen LogP contribution in [0, 0.1) is 0 Å². The average Bonchev–Trinajstić information content (AvgIpc) is 2.80. The Morgan fingerprint density at radius 2 is 1.60 bits per heavy atom. The van der Waals surface area contributed by atoms with Crippen molar-refractivity contribution in [2.75, 3.05) is 13.6 Å². The third-order valence-corrected chi connectivity index (χ3v) is 8.84. The number of hydrogen-bond acceptors (Lipinski definition) is 4. The first-order valence-corrected chi connectivity index (χ1v) is 13.6. The fourth-order valence-electron chi connectivity index (χ4n) is 3.18. The molecule has 3 aromatic carbocycles. The number of carbonyl (C=O) groups is 1. The number of carbonyl (C=O) groups excluding carboxylic acids is 1. The van der Waals surface area contributed by atoms with Crippen LogP contribution >= 0.6 is 39.1 Å². The molecule has 0 aliphatic heterocycles. The minimum Gasteiger partial charge on any atom is -0.457 e. The Labute approximate surface area is 224 Å². The summed E-state index contributed by atoms with van der Waals surface area (Å²) in [5.74, 6) is 1.12. The minimum atomic E-state index is -3.69. The quantitative estimate of drug-likeness (QED) is 0.304. The van der Waals surface area contributed by atoms with Gasteiger partial charge in [0.05, 0.1) is 16.2 Å². The molecule has 3 aromatic rings. The van der Waals surface area contributed by atoms with Gasteiger partial charge in [-0.05, 0) is 80.6 Å². The third kappa shape index (κ3) is 6.91. The first kappa shape index (κ1) is 27.3. The summed E-state index contributed by atoms with van der Waals surface area (Å²) in [4.78, 5) is 14.4. The highest BCUT2D eigenvalue weighted by Gasteiger charge is 2.36. The number of nitrogens with zero attached hydrogens (tertiary/aromatic N) is 1. The normalized spacial score (nSPS) is 11.7. The van der Waals surface area contributed by atoms with Crippen molar-refractivity contribution >= 4 is 55.0 Å². The lowest BCUT2D eigenvalue weighted by molar-refractivity contribution is 0.205. The molecule has 0 aromatic heterocycles. The van der Waals surface area contributed by atoms with Crippen LogP contribution in [0.5, 0.6) is 11.5 Å². The Kier molecular flexibility index (Phi) is 8.75. The maximum Gasteiger partial charge on any atom is 0.317 e. The van der Waals surface area contributed by atoms with Crippen molar-refractivity contribution in [3.05, 3.63) is 86.8 Å². The molecule has 186 valence electrons. The van der Waals surface area contributed by atoms with Gasteiger partial charge in [0.1, 0.15) is 11.5 Å². The summed E-state index contributed by atoms with van der Waals surface area (Å²) in [6, 6.07) is 18.1. The zero-order valence-corrected chi connectivity index (χ0v) is 23.3. The zero-order chi connectivity index (χ0) is 25.8. The summed E-state index contributed by atoms with van der Waals surface area (Å²) < 4.78 is 31.7. The molecular weight excluding hydrogens is 575 g/mol. The molecule has 1 N–H and O–H groups in total. The van der Waals surface area contributed by atoms with Crippen LogP contribution in [0.15, 0.2) is 76.1 Å². The fourth-order valence-corrected chi connectivity index (χ4v) is 5.16. The van der Waals surface area contributed by atoms with Crippen molar-refractivity contribution in [1.82, 2.24) is 10.2 Å². The van der Waals surface area contributed by atoms with Crippen LogP contribution < -0.4 is 10.1 Å². The molecule has 0 heterocycles. The molecule has 0 fully saturated rings. The van der Waals surface area contributed by atoms with E-state index in [1.54, 1.807) is 75.5 Å². The van der Waals surface area contributed by atoms with E-state index in [9.17, 15) is 13.2 Å². The maximum atomic E-state index is 13.1. The molecule has 0 aliphatic rings. The molecule has 0 atom stereocenters. The molecule has 0 unspecified atom stereocenters. The number of benzene rings is 3. The van der Waals surface area contributed by atoms with E-state index in [0.717, 1.165) is 4.47 Å². The number of halogens is 3. The SMILES string of the molecule is CN(Cc1cc(Cl)ccc1Oc1ccc(Cl)cc1)C(=O)NCC(C)(C)S(=O)(=O)c1ccc(Br)cc1. The molecule has 2 amide bonds. The summed E-state index contributed by atoms with van der Waals surface area (Å²) in [6.07, 6.45) is 0. The molecule has 0 spiro atoms. The fraction of sp³-hybridized carbons (Fsp3) is 0.240. The summed E-state index contributed by atoms with van der Waals surface area (Å²) in [6.45, 7) is 3.28. The number of sulfone groups is 1. The highest BCUT2D eigenvalue weighted by atomic mass is 79.9. The van der Waals surface area contributed by atoms with E-state index in [1.807, 2.05) is 0 Å². The van der Waals surface area contributed by atoms with Crippen molar-refractivity contribution < 1.29 is 17.9 Å². The molecule has 10 heteroatoms. The molecule has 0 radical (unpaired) electrons. The van der Waals surface area contributed by atoms with Crippen LogP contribution in [-0.2, 0) is 16.4 Å². The number of nitrogens with one attached hydrogen (secondary N) is 1. The summed E-state index contributed by atoms with van der Waals surface area (Å²) in [5, 5.41) is 3.82. The smallest absolute Gasteiger partial charge is 0.317 e. The van der Waals surface area contributed by atoms with Crippen molar-refractivity contribution in [2.24, 2.45) is 0 Å². The number of rotatable bonds is 8. The highest BCUT2D eigenvalue weighted by Crippen LogP contribution is 2.30. The van der Waals surface area contributed by atoms with Gasteiger partial charge in [-0.15, -0.1) is 0 Å². The van der Waals surface area contributed by atoms with Gasteiger partial charge in [0, 0.05) is 33.7 Å². The van der Waals surface area contributed by atoms with Crippen molar-refractivity contribution in [1.29, 1.82) is 0 Å². The van der Waals surface area contributed by atoms with Gasteiger partial charge < -0.3 is 15.0 Å². The predicted octanol–water partition coefficient (Wildman–Crippen LogP) is 6.94. The van der Waals surface area contributed by atoms with Crippen LogP contribution in [0.25, 0.3) is 0 Å². The maximum absolute atomic E-state index is 13.1. The van der Waals surface area contributed by atoms with Crippen LogP contribution in [0.4, 0.5) is 4.79 Å². The van der Waals surface area contributed by atoms with Gasteiger partial charge in [0.25, 0.3) is 0 Å². The lowest BCUT2D eigenvalue weighted by atomic mass is 10.2. The van der Waals surface area contributed by atoms with E-state index in [4.69, 9.17) is 27.9 Å². The second kappa shape index (κ2) is 11.2. The van der Waals surface area contributed by atoms with Crippen LogP contribution in [0.2, 0.25) is 10.0 Å². The van der Waals surface area contributed by atoms with Crippen LogP contribution in [0.1, 0.15) is 19.4 Å². The Morgan fingerprint density at radius 1 is 1.00 bits per heavy atom. The molecule has 35 heavy (non-hydrogen) atoms. The van der Waals surface area contributed by atoms with Gasteiger partial charge in [0.15, 0.2) is 9.84 Å². The number of hydrogen-bond donors (Lipinski definition) is 1. The molecule has 6 nitrogen and oxygen atoms in total. The number of amides is 2. The Hall–Kier alpha value is -2.26. The van der Waals surface area contributed by atoms with Gasteiger partial charge >= 0.3 is 6.03 Å². The summed E-state index contributed by atoms with van der Waals surface area (Å²) in [7, 11) is -2.08. The van der Waals surface area contributed by atoms with Crippen molar-refractivity contribution in [3.8, 4) is 11.5 Å². The van der Waals surface area contributed by atoms with Crippen LogP contribution in [0.3, 0.4) is 0 Å². The molecule has 0 saturated carbocycles. The number of urea groups is 1. The Bertz CT molecular complexity index is 1300. The van der Waals surface area contributed by atoms with Crippen LogP contribution in [-0.4, -0.2) is 37.7 Å². The first-order chi connectivity index (χ1) is 16.4. The first-order valence-electron chi connectivity index (χ1n) is 10.6. The van der Waals surface area contributed by atoms with Gasteiger partial charge in [-0.1, -0.05) is 39.1 Å². The molecule has 3 rings (SSSR count). The van der Waals surface area contributed by atoms with E-state index >= 15 is 0 Å². The summed E-state index contributed by atoms with van der Waals surface area (Å²) in [5.41, 5.74) is 0.687. The molecule has 0 aliphatic carbocycles. The standard InChI is InChI=1S/C25H25BrCl2N2O4S/c1-25(2,35(32,33)22-11-4-18(26)5-12-22)16-29-24(31)30(3)15-17-14-20(28)8-13-23(17)34-21-9-6-19(27)7-10-21/h4-14H,15-16H2,1-3H3,(H,29,31). The lowest BCUT2D eigenvalue weighted by Gasteiger charge is -2.27. The minimum absolute atomic E-state index is 0.0712. The summed E-state index contributed by atoms with van der Waals surface area (Å²) >= 11 is 15.4. The number of ether oxygens (including phenoxy) is 1. The predicted molar refractivity (Wildman–Crippen MR) is 143 cm³/mol. The van der Waals surface area contributed by atoms with Crippen molar-refractivity contribution in [3.63, 3.8) is 0 Å². The second-order valence-electron chi connectivity index (χ2n) is 8.54. The molecule has 0 saturated heterocycles. The lowest BCUT2D eigenvalue weighted by Crippen LogP contribution is -2.47. The highest BCUT2D eigenvalue weighted by molar-refractivity contribution is 9.10. The zero-order valence-electron chi connectivity index (χ0n) is 19.4. The van der Waals surface area contributed by atoms with E-state index in [1.165, 1.54) is 17.0 Å². The van der Waals surface area contributed by atoms with Gasteiger partial charge in [-0.3, -0.25) is 0 Å². The largest absolute Gasteiger partial charge is 0.457 e. The molecular formula is C25H25BrCl2N2O4S. The van der Waals surface area contributed by atoms with E-state index in [-0.39, 0.29) is 18.0 Å². The van der Waals surface area contributed by atoms with E-state index < -0.39 is 20.6 Å².